The van der Waals surface area contributed by atoms with Crippen molar-refractivity contribution in [2.45, 2.75) is 50.5 Å². The van der Waals surface area contributed by atoms with E-state index in [-0.39, 0.29) is 0 Å². The van der Waals surface area contributed by atoms with E-state index in [9.17, 15) is 5.11 Å². The summed E-state index contributed by atoms with van der Waals surface area (Å²) in [5, 5.41) is 11.0. The van der Waals surface area contributed by atoms with Crippen LogP contribution in [0.4, 0.5) is 0 Å². The summed E-state index contributed by atoms with van der Waals surface area (Å²) in [5.41, 5.74) is 2.25. The van der Waals surface area contributed by atoms with Crippen LogP contribution >= 0.6 is 0 Å². The van der Waals surface area contributed by atoms with E-state index in [1.165, 1.54) is 17.5 Å². The number of hydrogen-bond acceptors (Lipinski definition) is 2. The summed E-state index contributed by atoms with van der Waals surface area (Å²) < 4.78 is 5.44. The molecule has 1 N–H and O–H groups in total. The highest BCUT2D eigenvalue weighted by molar-refractivity contribution is 5.16. The third-order valence-corrected chi connectivity index (χ3v) is 5.38. The first kappa shape index (κ1) is 18.2. The van der Waals surface area contributed by atoms with Gasteiger partial charge in [0.15, 0.2) is 0 Å². The van der Waals surface area contributed by atoms with E-state index in [2.05, 4.69) is 60.7 Å². The molecule has 0 radical (unpaired) electrons. The molecule has 134 valence electrons. The Morgan fingerprint density at radius 3 is 2.12 bits per heavy atom. The lowest BCUT2D eigenvalue weighted by Gasteiger charge is -2.35. The molecule has 2 nitrogen and oxygen atoms in total. The van der Waals surface area contributed by atoms with Crippen LogP contribution in [-0.4, -0.2) is 23.9 Å². The average molecular weight is 338 g/mol. The normalized spacial score (nSPS) is 18.0. The fourth-order valence-corrected chi connectivity index (χ4v) is 3.96. The number of aryl methyl sites for hydroxylation is 1. The Hall–Kier alpha value is -1.64. The van der Waals surface area contributed by atoms with Gasteiger partial charge in [-0.3, -0.25) is 0 Å². The molecule has 1 saturated heterocycles. The Balaban J connectivity index is 1.59. The maximum Gasteiger partial charge on any atom is 0.0694 e. The number of benzene rings is 2. The molecular formula is C23H30O2. The monoisotopic (exact) mass is 338 g/mol. The summed E-state index contributed by atoms with van der Waals surface area (Å²) in [6.07, 6.45) is 6.95. The summed E-state index contributed by atoms with van der Waals surface area (Å²) >= 11 is 0. The van der Waals surface area contributed by atoms with Crippen LogP contribution in [0.3, 0.4) is 0 Å². The van der Waals surface area contributed by atoms with Gasteiger partial charge < -0.3 is 9.84 Å². The Bertz CT molecular complexity index is 603. The van der Waals surface area contributed by atoms with Gasteiger partial charge in [-0.15, -0.1) is 0 Å². The molecule has 1 atom stereocenters. The quantitative estimate of drug-likeness (QED) is 0.749. The maximum absolute atomic E-state index is 11.0. The van der Waals surface area contributed by atoms with Crippen LogP contribution in [0.1, 0.15) is 43.2 Å². The SMILES string of the molecule is OC1(CC(CCCc2ccccc2)Cc2ccccc2)CCOCC1. The van der Waals surface area contributed by atoms with E-state index in [0.29, 0.717) is 19.1 Å². The lowest BCUT2D eigenvalue weighted by Crippen LogP contribution is -2.38. The van der Waals surface area contributed by atoms with Crippen LogP contribution in [0.15, 0.2) is 60.7 Å². The first-order chi connectivity index (χ1) is 12.2. The topological polar surface area (TPSA) is 29.5 Å². The molecule has 0 spiro atoms. The van der Waals surface area contributed by atoms with E-state index >= 15 is 0 Å². The van der Waals surface area contributed by atoms with Gasteiger partial charge in [-0.1, -0.05) is 60.7 Å². The molecule has 0 amide bonds. The molecule has 1 heterocycles. The molecule has 1 unspecified atom stereocenters. The van der Waals surface area contributed by atoms with Gasteiger partial charge in [0.1, 0.15) is 0 Å². The van der Waals surface area contributed by atoms with Crippen LogP contribution in [0.2, 0.25) is 0 Å². The molecule has 3 rings (SSSR count). The summed E-state index contributed by atoms with van der Waals surface area (Å²) in [4.78, 5) is 0. The van der Waals surface area contributed by atoms with Crippen molar-refractivity contribution in [1.82, 2.24) is 0 Å². The van der Waals surface area contributed by atoms with Crippen molar-refractivity contribution in [3.8, 4) is 0 Å². The Morgan fingerprint density at radius 2 is 1.48 bits per heavy atom. The predicted molar refractivity (Wildman–Crippen MR) is 103 cm³/mol. The molecule has 2 heteroatoms. The third-order valence-electron chi connectivity index (χ3n) is 5.38. The van der Waals surface area contributed by atoms with Crippen molar-refractivity contribution in [2.24, 2.45) is 5.92 Å². The highest BCUT2D eigenvalue weighted by Crippen LogP contribution is 2.32. The number of aliphatic hydroxyl groups is 1. The van der Waals surface area contributed by atoms with Gasteiger partial charge in [0.2, 0.25) is 0 Å². The van der Waals surface area contributed by atoms with Crippen molar-refractivity contribution in [3.05, 3.63) is 71.8 Å². The van der Waals surface area contributed by atoms with Crippen LogP contribution < -0.4 is 0 Å². The number of ether oxygens (including phenoxy) is 1. The van der Waals surface area contributed by atoms with Crippen LogP contribution in [-0.2, 0) is 17.6 Å². The fraction of sp³-hybridized carbons (Fsp3) is 0.478. The van der Waals surface area contributed by atoms with Crippen molar-refractivity contribution in [2.75, 3.05) is 13.2 Å². The Labute approximate surface area is 151 Å². The van der Waals surface area contributed by atoms with Gasteiger partial charge >= 0.3 is 0 Å². The van der Waals surface area contributed by atoms with Gasteiger partial charge in [-0.2, -0.15) is 0 Å². The van der Waals surface area contributed by atoms with E-state index in [0.717, 1.165) is 38.5 Å². The highest BCUT2D eigenvalue weighted by Gasteiger charge is 2.32. The zero-order chi connectivity index (χ0) is 17.4. The summed E-state index contributed by atoms with van der Waals surface area (Å²) in [6, 6.07) is 21.4. The zero-order valence-corrected chi connectivity index (χ0v) is 15.1. The first-order valence-corrected chi connectivity index (χ1v) is 9.61. The summed E-state index contributed by atoms with van der Waals surface area (Å²) in [7, 11) is 0. The fourth-order valence-electron chi connectivity index (χ4n) is 3.96. The predicted octanol–water partition coefficient (Wildman–Crippen LogP) is 4.80. The van der Waals surface area contributed by atoms with Crippen LogP contribution in [0.5, 0.6) is 0 Å². The molecule has 1 aliphatic heterocycles. The van der Waals surface area contributed by atoms with Crippen LogP contribution in [0, 0.1) is 5.92 Å². The number of rotatable bonds is 8. The molecule has 2 aromatic carbocycles. The molecule has 0 aliphatic carbocycles. The van der Waals surface area contributed by atoms with Crippen molar-refractivity contribution >= 4 is 0 Å². The van der Waals surface area contributed by atoms with E-state index in [1.54, 1.807) is 0 Å². The van der Waals surface area contributed by atoms with Crippen molar-refractivity contribution < 1.29 is 9.84 Å². The standard InChI is InChI=1S/C23H30O2/c24-23(14-16-25-17-15-23)19-22(18-21-10-5-2-6-11-21)13-7-12-20-8-3-1-4-9-20/h1-6,8-11,22,24H,7,12-19H2. The smallest absolute Gasteiger partial charge is 0.0694 e. The first-order valence-electron chi connectivity index (χ1n) is 9.61. The molecular weight excluding hydrogens is 308 g/mol. The second-order valence-electron chi connectivity index (χ2n) is 7.47. The third kappa shape index (κ3) is 5.98. The largest absolute Gasteiger partial charge is 0.390 e. The Morgan fingerprint density at radius 1 is 0.880 bits per heavy atom. The van der Waals surface area contributed by atoms with Crippen molar-refractivity contribution in [3.63, 3.8) is 0 Å². The lowest BCUT2D eigenvalue weighted by atomic mass is 9.80. The van der Waals surface area contributed by atoms with E-state index in [4.69, 9.17) is 4.74 Å². The molecule has 0 bridgehead atoms. The lowest BCUT2D eigenvalue weighted by molar-refractivity contribution is -0.0768. The second kappa shape index (κ2) is 9.17. The van der Waals surface area contributed by atoms with Gasteiger partial charge in [0.25, 0.3) is 0 Å². The second-order valence-corrected chi connectivity index (χ2v) is 7.47. The van der Waals surface area contributed by atoms with Crippen LogP contribution in [0.25, 0.3) is 0 Å². The Kier molecular flexibility index (Phi) is 6.66. The van der Waals surface area contributed by atoms with Gasteiger partial charge in [0.05, 0.1) is 5.60 Å². The minimum Gasteiger partial charge on any atom is -0.390 e. The van der Waals surface area contributed by atoms with Gasteiger partial charge in [-0.25, -0.2) is 0 Å². The highest BCUT2D eigenvalue weighted by atomic mass is 16.5. The summed E-state index contributed by atoms with van der Waals surface area (Å²) in [6.45, 7) is 1.39. The molecule has 2 aromatic rings. The minimum absolute atomic E-state index is 0.522. The van der Waals surface area contributed by atoms with Gasteiger partial charge in [0, 0.05) is 13.2 Å². The van der Waals surface area contributed by atoms with Gasteiger partial charge in [-0.05, 0) is 62.0 Å². The molecule has 25 heavy (non-hydrogen) atoms. The average Bonchev–Trinajstić information content (AvgIpc) is 2.64. The molecule has 0 aromatic heterocycles. The van der Waals surface area contributed by atoms with E-state index < -0.39 is 5.60 Å². The molecule has 0 saturated carbocycles. The molecule has 1 aliphatic rings. The number of hydrogen-bond donors (Lipinski definition) is 1. The maximum atomic E-state index is 11.0. The summed E-state index contributed by atoms with van der Waals surface area (Å²) in [5.74, 6) is 0.522. The van der Waals surface area contributed by atoms with Crippen molar-refractivity contribution in [1.29, 1.82) is 0 Å². The van der Waals surface area contributed by atoms with E-state index in [1.807, 2.05) is 0 Å². The minimum atomic E-state index is -0.537. The molecule has 1 fully saturated rings. The zero-order valence-electron chi connectivity index (χ0n) is 15.1.